The lowest BCUT2D eigenvalue weighted by Gasteiger charge is -2.27. The van der Waals surface area contributed by atoms with Crippen LogP contribution in [-0.2, 0) is 25.5 Å². The van der Waals surface area contributed by atoms with Crippen molar-refractivity contribution >= 4 is 28.5 Å². The minimum absolute atomic E-state index is 0.170. The second kappa shape index (κ2) is 14.4. The normalized spacial score (nSPS) is 13.8. The quantitative estimate of drug-likeness (QED) is 0.184. The van der Waals surface area contributed by atoms with Crippen LogP contribution in [-0.4, -0.2) is 74.3 Å². The average Bonchev–Trinajstić information content (AvgIpc) is 2.86. The molecule has 0 bridgehead atoms. The molecule has 0 radical (unpaired) electrons. The summed E-state index contributed by atoms with van der Waals surface area (Å²) in [7, 11) is 5.49. The van der Waals surface area contributed by atoms with Gasteiger partial charge in [0.2, 0.25) is 11.8 Å². The summed E-state index contributed by atoms with van der Waals surface area (Å²) in [6.45, 7) is 2.76. The van der Waals surface area contributed by atoms with E-state index in [4.69, 9.17) is 4.74 Å². The van der Waals surface area contributed by atoms with E-state index in [1.54, 1.807) is 12.4 Å². The number of fused-ring (bicyclic) bond motifs is 1. The molecule has 0 heterocycles. The first-order valence-electron chi connectivity index (χ1n) is 12.0. The van der Waals surface area contributed by atoms with Crippen molar-refractivity contribution in [1.29, 1.82) is 0 Å². The van der Waals surface area contributed by atoms with E-state index in [2.05, 4.69) is 15.5 Å². The Hall–Kier alpha value is -3.01. The fourth-order valence-electron chi connectivity index (χ4n) is 4.07. The number of hydrogen-bond donors (Lipinski definition) is 4. The third kappa shape index (κ3) is 8.61. The minimum atomic E-state index is -1.23. The Kier molecular flexibility index (Phi) is 11.6. The second-order valence-corrected chi connectivity index (χ2v) is 8.82. The molecule has 2 aromatic rings. The first-order valence-corrected chi connectivity index (χ1v) is 12.0. The monoisotopic (exact) mass is 486 g/mol. The van der Waals surface area contributed by atoms with Gasteiger partial charge in [0.15, 0.2) is 0 Å². The highest BCUT2D eigenvalue weighted by molar-refractivity contribution is 5.92. The Bertz CT molecular complexity index is 981. The van der Waals surface area contributed by atoms with Crippen LogP contribution >= 0.6 is 0 Å². The van der Waals surface area contributed by atoms with Gasteiger partial charge in [0.05, 0.1) is 5.92 Å². The Morgan fingerprint density at radius 1 is 1.00 bits per heavy atom. The molecule has 0 spiro atoms. The van der Waals surface area contributed by atoms with Crippen molar-refractivity contribution in [2.45, 2.75) is 44.8 Å². The van der Waals surface area contributed by atoms with E-state index >= 15 is 0 Å². The maximum absolute atomic E-state index is 13.5. The molecule has 4 N–H and O–H groups in total. The van der Waals surface area contributed by atoms with Crippen molar-refractivity contribution in [3.8, 4) is 0 Å². The van der Waals surface area contributed by atoms with Gasteiger partial charge in [-0.3, -0.25) is 19.6 Å². The zero-order valence-corrected chi connectivity index (χ0v) is 21.0. The molecule has 0 aromatic heterocycles. The smallest absolute Gasteiger partial charge is 0.273 e. The number of amides is 3. The molecule has 2 rings (SSSR count). The van der Waals surface area contributed by atoms with Gasteiger partial charge in [-0.15, -0.1) is 0 Å². The first-order chi connectivity index (χ1) is 16.8. The Labute approximate surface area is 207 Å². The maximum atomic E-state index is 13.5. The van der Waals surface area contributed by atoms with Gasteiger partial charge >= 0.3 is 0 Å². The highest BCUT2D eigenvalue weighted by Gasteiger charge is 2.36. The number of nitrogens with zero attached hydrogens (tertiary/aromatic N) is 1. The van der Waals surface area contributed by atoms with E-state index < -0.39 is 29.9 Å². The number of benzene rings is 2. The van der Waals surface area contributed by atoms with Crippen molar-refractivity contribution < 1.29 is 24.3 Å². The topological polar surface area (TPSA) is 120 Å². The van der Waals surface area contributed by atoms with Gasteiger partial charge in [-0.1, -0.05) is 42.5 Å². The summed E-state index contributed by atoms with van der Waals surface area (Å²) in [6, 6.07) is 12.9. The predicted octanol–water partition coefficient (Wildman–Crippen LogP) is 1.87. The fraction of sp³-hybridized carbons (Fsp3) is 0.500. The standard InChI is InChI=1S/C26H38N4O5/c1-5-35-23(26(33)29-34)21(17-18-13-14-19-10-6-7-11-20(19)16-18)24(31)28-22(25(32)27-2)12-8-9-15-30(3)4/h6-7,10-11,13-14,16,21-23,34H,5,8-9,12,15,17H2,1-4H3,(H,27,32)(H,28,31)(H,29,33)/t21-,22+,23+/m1/s1. The van der Waals surface area contributed by atoms with Crippen LogP contribution < -0.4 is 16.1 Å². The van der Waals surface area contributed by atoms with Crippen molar-refractivity contribution in [2.24, 2.45) is 5.92 Å². The average molecular weight is 487 g/mol. The van der Waals surface area contributed by atoms with Gasteiger partial charge < -0.3 is 20.3 Å². The van der Waals surface area contributed by atoms with Gasteiger partial charge in [-0.2, -0.15) is 0 Å². The van der Waals surface area contributed by atoms with Crippen LogP contribution in [0, 0.1) is 5.92 Å². The molecular weight excluding hydrogens is 448 g/mol. The molecule has 0 aliphatic heterocycles. The van der Waals surface area contributed by atoms with E-state index in [0.717, 1.165) is 35.7 Å². The largest absolute Gasteiger partial charge is 0.368 e. The highest BCUT2D eigenvalue weighted by Crippen LogP contribution is 2.21. The van der Waals surface area contributed by atoms with E-state index in [-0.39, 0.29) is 18.9 Å². The number of rotatable bonds is 14. The number of likely N-dealkylation sites (N-methyl/N-ethyl adjacent to an activating group) is 1. The minimum Gasteiger partial charge on any atom is -0.368 e. The molecule has 35 heavy (non-hydrogen) atoms. The number of nitrogens with one attached hydrogen (secondary N) is 3. The van der Waals surface area contributed by atoms with Crippen molar-refractivity contribution in [2.75, 3.05) is 34.3 Å². The van der Waals surface area contributed by atoms with Crippen LogP contribution in [0.25, 0.3) is 10.8 Å². The highest BCUT2D eigenvalue weighted by atomic mass is 16.5. The molecular formula is C26H38N4O5. The van der Waals surface area contributed by atoms with Crippen LogP contribution in [0.15, 0.2) is 42.5 Å². The Morgan fingerprint density at radius 2 is 1.71 bits per heavy atom. The first kappa shape index (κ1) is 28.2. The van der Waals surface area contributed by atoms with Crippen LogP contribution in [0.2, 0.25) is 0 Å². The molecule has 3 atom stereocenters. The van der Waals surface area contributed by atoms with Gasteiger partial charge in [-0.05, 0) is 69.6 Å². The fourth-order valence-corrected chi connectivity index (χ4v) is 4.07. The number of hydroxylamine groups is 1. The predicted molar refractivity (Wildman–Crippen MR) is 135 cm³/mol. The molecule has 0 saturated carbocycles. The Balaban J connectivity index is 2.28. The van der Waals surface area contributed by atoms with Crippen LogP contribution in [0.1, 0.15) is 31.7 Å². The maximum Gasteiger partial charge on any atom is 0.273 e. The van der Waals surface area contributed by atoms with E-state index in [1.165, 1.54) is 7.05 Å². The molecule has 0 saturated heterocycles. The summed E-state index contributed by atoms with van der Waals surface area (Å²) in [5.41, 5.74) is 2.45. The van der Waals surface area contributed by atoms with Crippen LogP contribution in [0.4, 0.5) is 0 Å². The van der Waals surface area contributed by atoms with Crippen molar-refractivity contribution in [3.63, 3.8) is 0 Å². The van der Waals surface area contributed by atoms with Gasteiger partial charge in [-0.25, -0.2) is 5.48 Å². The molecule has 0 aliphatic carbocycles. The molecule has 0 fully saturated rings. The number of carbonyl (C=O) groups excluding carboxylic acids is 3. The lowest BCUT2D eigenvalue weighted by Crippen LogP contribution is -2.52. The van der Waals surface area contributed by atoms with Gasteiger partial charge in [0.1, 0.15) is 12.1 Å². The summed E-state index contributed by atoms with van der Waals surface area (Å²) >= 11 is 0. The lowest BCUT2D eigenvalue weighted by atomic mass is 9.90. The second-order valence-electron chi connectivity index (χ2n) is 8.82. The molecule has 9 nitrogen and oxygen atoms in total. The summed E-state index contributed by atoms with van der Waals surface area (Å²) in [5, 5.41) is 16.8. The molecule has 0 unspecified atom stereocenters. The summed E-state index contributed by atoms with van der Waals surface area (Å²) in [5.74, 6) is -2.55. The van der Waals surface area contributed by atoms with Crippen molar-refractivity contribution in [1.82, 2.24) is 21.0 Å². The number of carbonyl (C=O) groups is 3. The Morgan fingerprint density at radius 3 is 2.34 bits per heavy atom. The number of hydrogen-bond acceptors (Lipinski definition) is 6. The van der Waals surface area contributed by atoms with Crippen LogP contribution in [0.3, 0.4) is 0 Å². The summed E-state index contributed by atoms with van der Waals surface area (Å²) < 4.78 is 5.59. The lowest BCUT2D eigenvalue weighted by molar-refractivity contribution is -0.150. The van der Waals surface area contributed by atoms with Crippen molar-refractivity contribution in [3.05, 3.63) is 48.0 Å². The van der Waals surface area contributed by atoms with E-state index in [0.29, 0.717) is 6.42 Å². The third-order valence-electron chi connectivity index (χ3n) is 5.91. The van der Waals surface area contributed by atoms with Gasteiger partial charge in [0.25, 0.3) is 5.91 Å². The number of unbranched alkanes of at least 4 members (excludes halogenated alkanes) is 1. The summed E-state index contributed by atoms with van der Waals surface area (Å²) in [4.78, 5) is 40.5. The van der Waals surface area contributed by atoms with Crippen LogP contribution in [0.5, 0.6) is 0 Å². The zero-order valence-electron chi connectivity index (χ0n) is 21.0. The number of ether oxygens (including phenoxy) is 1. The summed E-state index contributed by atoms with van der Waals surface area (Å²) in [6.07, 6.45) is 1.06. The van der Waals surface area contributed by atoms with E-state index in [9.17, 15) is 19.6 Å². The molecule has 9 heteroatoms. The molecule has 0 aliphatic rings. The molecule has 192 valence electrons. The zero-order chi connectivity index (χ0) is 25.8. The SMILES string of the molecule is CCO[C@H](C(=O)NO)[C@@H](Cc1ccc2ccccc2c1)C(=O)N[C@@H](CCCCN(C)C)C(=O)NC. The molecule has 3 amide bonds. The van der Waals surface area contributed by atoms with E-state index in [1.807, 2.05) is 56.6 Å². The van der Waals surface area contributed by atoms with Gasteiger partial charge in [0, 0.05) is 13.7 Å². The third-order valence-corrected chi connectivity index (χ3v) is 5.91. The molecule has 2 aromatic carbocycles.